The van der Waals surface area contributed by atoms with Crippen LogP contribution < -0.4 is 0 Å². The largest absolute Gasteiger partial charge is 0.337 e. The van der Waals surface area contributed by atoms with Crippen LogP contribution in [-0.4, -0.2) is 28.1 Å². The summed E-state index contributed by atoms with van der Waals surface area (Å²) < 4.78 is 5.59. The lowest BCUT2D eigenvalue weighted by Gasteiger charge is -2.33. The Balaban J connectivity index is 1.72. The molecule has 22 heavy (non-hydrogen) atoms. The molecule has 2 aromatic rings. The van der Waals surface area contributed by atoms with Crippen LogP contribution in [0.3, 0.4) is 0 Å². The number of aromatic nitrogens is 2. The summed E-state index contributed by atoms with van der Waals surface area (Å²) in [4.78, 5) is 7.19. The Hall–Kier alpha value is -1.68. The zero-order valence-electron chi connectivity index (χ0n) is 13.4. The van der Waals surface area contributed by atoms with E-state index in [0.717, 1.165) is 31.0 Å². The van der Waals surface area contributed by atoms with Crippen LogP contribution >= 0.6 is 0 Å². The van der Waals surface area contributed by atoms with Gasteiger partial charge in [-0.25, -0.2) is 0 Å². The fourth-order valence-electron chi connectivity index (χ4n) is 3.18. The Kier molecular flexibility index (Phi) is 5.22. The van der Waals surface area contributed by atoms with Gasteiger partial charge in [-0.05, 0) is 32.4 Å². The van der Waals surface area contributed by atoms with Gasteiger partial charge in [0.25, 0.3) is 0 Å². The third kappa shape index (κ3) is 3.55. The number of nitrogens with zero attached hydrogens (tertiary/aromatic N) is 3. The van der Waals surface area contributed by atoms with Gasteiger partial charge in [0.2, 0.25) is 11.7 Å². The Morgan fingerprint density at radius 2 is 2.05 bits per heavy atom. The van der Waals surface area contributed by atoms with Gasteiger partial charge in [0.05, 0.1) is 6.04 Å². The third-order valence-corrected chi connectivity index (χ3v) is 4.42. The van der Waals surface area contributed by atoms with Crippen molar-refractivity contribution in [2.45, 2.75) is 51.5 Å². The molecular formula is C18H25N3O. The number of hydrogen-bond acceptors (Lipinski definition) is 4. The molecule has 1 fully saturated rings. The van der Waals surface area contributed by atoms with Gasteiger partial charge in [-0.1, -0.05) is 61.7 Å². The van der Waals surface area contributed by atoms with Gasteiger partial charge in [-0.3, -0.25) is 4.90 Å². The highest BCUT2D eigenvalue weighted by Crippen LogP contribution is 2.31. The summed E-state index contributed by atoms with van der Waals surface area (Å²) in [5.74, 6) is 1.49. The van der Waals surface area contributed by atoms with Crippen LogP contribution in [-0.2, 0) is 0 Å². The molecule has 0 saturated carbocycles. The molecule has 1 saturated heterocycles. The zero-order valence-corrected chi connectivity index (χ0v) is 13.4. The number of unbranched alkanes of at least 4 members (excludes halogenated alkanes) is 2. The van der Waals surface area contributed by atoms with E-state index < -0.39 is 0 Å². The lowest BCUT2D eigenvalue weighted by molar-refractivity contribution is 0.117. The standard InChI is InChI=1S/C18H25N3O/c1-2-3-8-13-21-14-9-7-12-16(21)18-19-17(20-22-18)15-10-5-4-6-11-15/h4-6,10-11,16H,2-3,7-9,12-14H2,1H3. The van der Waals surface area contributed by atoms with E-state index >= 15 is 0 Å². The molecule has 3 rings (SSSR count). The highest BCUT2D eigenvalue weighted by atomic mass is 16.5. The number of rotatable bonds is 6. The molecule has 1 aliphatic rings. The van der Waals surface area contributed by atoms with Crippen molar-refractivity contribution in [2.75, 3.05) is 13.1 Å². The summed E-state index contributed by atoms with van der Waals surface area (Å²) in [5.41, 5.74) is 1.02. The van der Waals surface area contributed by atoms with E-state index in [1.165, 1.54) is 32.1 Å². The SMILES string of the molecule is CCCCCN1CCCCC1c1nc(-c2ccccc2)no1. The fraction of sp³-hybridized carbons (Fsp3) is 0.556. The third-order valence-electron chi connectivity index (χ3n) is 4.42. The van der Waals surface area contributed by atoms with Crippen molar-refractivity contribution in [1.82, 2.24) is 15.0 Å². The highest BCUT2D eigenvalue weighted by Gasteiger charge is 2.28. The van der Waals surface area contributed by atoms with Crippen LogP contribution in [0.25, 0.3) is 11.4 Å². The molecule has 0 radical (unpaired) electrons. The summed E-state index contributed by atoms with van der Waals surface area (Å²) in [5, 5.41) is 4.18. The number of hydrogen-bond donors (Lipinski definition) is 0. The van der Waals surface area contributed by atoms with Gasteiger partial charge in [-0.2, -0.15) is 4.98 Å². The monoisotopic (exact) mass is 299 g/mol. The molecule has 1 aliphatic heterocycles. The normalized spacial score (nSPS) is 19.4. The second kappa shape index (κ2) is 7.54. The summed E-state index contributed by atoms with van der Waals surface area (Å²) >= 11 is 0. The Morgan fingerprint density at radius 1 is 1.18 bits per heavy atom. The van der Waals surface area contributed by atoms with E-state index in [2.05, 4.69) is 22.0 Å². The molecule has 1 aromatic heterocycles. The lowest BCUT2D eigenvalue weighted by atomic mass is 10.0. The van der Waals surface area contributed by atoms with Crippen LogP contribution in [0.1, 0.15) is 57.4 Å². The van der Waals surface area contributed by atoms with Crippen molar-refractivity contribution in [3.63, 3.8) is 0 Å². The smallest absolute Gasteiger partial charge is 0.244 e. The van der Waals surface area contributed by atoms with Crippen molar-refractivity contribution in [1.29, 1.82) is 0 Å². The number of piperidine rings is 1. The quantitative estimate of drug-likeness (QED) is 0.739. The average molecular weight is 299 g/mol. The average Bonchev–Trinajstić information content (AvgIpc) is 3.06. The topological polar surface area (TPSA) is 42.2 Å². The van der Waals surface area contributed by atoms with Crippen LogP contribution in [0.4, 0.5) is 0 Å². The first-order valence-electron chi connectivity index (χ1n) is 8.51. The summed E-state index contributed by atoms with van der Waals surface area (Å²) in [7, 11) is 0. The molecule has 1 atom stereocenters. The Labute approximate surface area is 132 Å². The molecule has 4 heteroatoms. The number of likely N-dealkylation sites (tertiary alicyclic amines) is 1. The first-order chi connectivity index (χ1) is 10.9. The van der Waals surface area contributed by atoms with Crippen molar-refractivity contribution >= 4 is 0 Å². The van der Waals surface area contributed by atoms with Crippen LogP contribution in [0.2, 0.25) is 0 Å². The van der Waals surface area contributed by atoms with E-state index in [0.29, 0.717) is 11.9 Å². The minimum atomic E-state index is 0.301. The molecule has 0 spiro atoms. The molecule has 0 N–H and O–H groups in total. The highest BCUT2D eigenvalue weighted by molar-refractivity contribution is 5.53. The Morgan fingerprint density at radius 3 is 2.86 bits per heavy atom. The second-order valence-electron chi connectivity index (χ2n) is 6.08. The first-order valence-corrected chi connectivity index (χ1v) is 8.51. The molecule has 0 aliphatic carbocycles. The maximum Gasteiger partial charge on any atom is 0.244 e. The summed E-state index contributed by atoms with van der Waals surface area (Å²) in [6.45, 7) is 4.54. The molecule has 1 aromatic carbocycles. The van der Waals surface area contributed by atoms with Crippen LogP contribution in [0, 0.1) is 0 Å². The maximum absolute atomic E-state index is 5.59. The molecular weight excluding hydrogens is 274 g/mol. The van der Waals surface area contributed by atoms with E-state index in [9.17, 15) is 0 Å². The minimum absolute atomic E-state index is 0.301. The van der Waals surface area contributed by atoms with Gasteiger partial charge in [0.1, 0.15) is 0 Å². The first kappa shape index (κ1) is 15.2. The van der Waals surface area contributed by atoms with Gasteiger partial charge in [-0.15, -0.1) is 0 Å². The molecule has 2 heterocycles. The van der Waals surface area contributed by atoms with Gasteiger partial charge < -0.3 is 4.52 Å². The van der Waals surface area contributed by atoms with Crippen molar-refractivity contribution in [3.8, 4) is 11.4 Å². The summed E-state index contributed by atoms with van der Waals surface area (Å²) in [6.07, 6.45) is 7.47. The summed E-state index contributed by atoms with van der Waals surface area (Å²) in [6, 6.07) is 10.4. The van der Waals surface area contributed by atoms with Gasteiger partial charge in [0.15, 0.2) is 0 Å². The zero-order chi connectivity index (χ0) is 15.2. The molecule has 0 bridgehead atoms. The van der Waals surface area contributed by atoms with Gasteiger partial charge in [0, 0.05) is 5.56 Å². The Bertz CT molecular complexity index is 567. The van der Waals surface area contributed by atoms with Gasteiger partial charge >= 0.3 is 0 Å². The van der Waals surface area contributed by atoms with E-state index in [1.54, 1.807) is 0 Å². The van der Waals surface area contributed by atoms with E-state index in [4.69, 9.17) is 4.52 Å². The lowest BCUT2D eigenvalue weighted by Crippen LogP contribution is -2.34. The molecule has 4 nitrogen and oxygen atoms in total. The minimum Gasteiger partial charge on any atom is -0.337 e. The predicted octanol–water partition coefficient (Wildman–Crippen LogP) is 4.45. The predicted molar refractivity (Wildman–Crippen MR) is 87.4 cm³/mol. The molecule has 0 amide bonds. The van der Waals surface area contributed by atoms with Crippen molar-refractivity contribution < 1.29 is 4.52 Å². The van der Waals surface area contributed by atoms with Crippen molar-refractivity contribution in [2.24, 2.45) is 0 Å². The van der Waals surface area contributed by atoms with Crippen molar-refractivity contribution in [3.05, 3.63) is 36.2 Å². The molecule has 1 unspecified atom stereocenters. The molecule has 118 valence electrons. The number of benzene rings is 1. The second-order valence-corrected chi connectivity index (χ2v) is 6.08. The fourth-order valence-corrected chi connectivity index (χ4v) is 3.18. The van der Waals surface area contributed by atoms with Crippen LogP contribution in [0.5, 0.6) is 0 Å². The maximum atomic E-state index is 5.59. The van der Waals surface area contributed by atoms with Crippen LogP contribution in [0.15, 0.2) is 34.9 Å². The van der Waals surface area contributed by atoms with E-state index in [1.807, 2.05) is 30.3 Å². The van der Waals surface area contributed by atoms with E-state index in [-0.39, 0.29) is 0 Å².